The lowest BCUT2D eigenvalue weighted by Crippen LogP contribution is -2.02. The van der Waals surface area contributed by atoms with E-state index in [2.05, 4.69) is 429 Å². The molecule has 0 saturated heterocycles. The third-order valence-electron chi connectivity index (χ3n) is 26.8. The molecule has 27 rings (SSSR count). The molecule has 0 spiro atoms. The summed E-state index contributed by atoms with van der Waals surface area (Å²) >= 11 is 0. The fraction of sp³-hybridized carbons (Fsp3) is 0.0233. The smallest absolute Gasteiger partial charge is 0.164 e. The number of imidazole rings is 3. The average Bonchev–Trinajstić information content (AvgIpc) is 1.25. The largest absolute Gasteiger partial charge is 0.292 e. The summed E-state index contributed by atoms with van der Waals surface area (Å²) in [7, 11) is 0. The fourth-order valence-corrected chi connectivity index (χ4v) is 19.4. The van der Waals surface area contributed by atoms with Crippen LogP contribution in [0.25, 0.3) is 251 Å². The molecule has 6 heterocycles. The van der Waals surface area contributed by atoms with Crippen LogP contribution in [0.2, 0.25) is 0 Å². The van der Waals surface area contributed by atoms with Crippen molar-refractivity contribution in [3.05, 3.63) is 490 Å². The Kier molecular flexibility index (Phi) is 22.3. The van der Waals surface area contributed by atoms with Gasteiger partial charge >= 0.3 is 0 Å². The molecule has 144 heavy (non-hydrogen) atoms. The number of rotatable bonds is 15. The second-order valence-electron chi connectivity index (χ2n) is 36.2. The van der Waals surface area contributed by atoms with Crippen LogP contribution in [0.1, 0.15) is 16.7 Å². The number of benzene rings is 21. The summed E-state index contributed by atoms with van der Waals surface area (Å²) in [5.74, 6) is 8.42. The SMILES string of the molecule is Cc1ccc(-c2nc3ccccc3n2-c2ccc(-c3nc(-c4cc5ccccc5c5ccccc45)nc(-c4cc5ccccc5c5ccccc45)n3)cc2)cc1.Cc1ccc(-c2nc3ccccc3n2-c2ccc(-c3nc(-c4ccc5ccccc5c4)nc(-c4ccc5ccccc5c4)n3)cc2)cc1.Cc1ccc(-c2nc3ccccc3n2-c2ccc(-c3nc(-c4ccccc4)nc(-c4ccccc4)n3)cc2)cc1. The molecule has 0 aliphatic carbocycles. The molecule has 0 radical (unpaired) electrons. The maximum Gasteiger partial charge on any atom is 0.164 e. The lowest BCUT2D eigenvalue weighted by molar-refractivity contribution is 1.07. The van der Waals surface area contributed by atoms with Crippen molar-refractivity contribution in [2.45, 2.75) is 20.8 Å². The molecule has 15 nitrogen and oxygen atoms in total. The van der Waals surface area contributed by atoms with Crippen molar-refractivity contribution in [1.29, 1.82) is 0 Å². The van der Waals surface area contributed by atoms with Crippen molar-refractivity contribution in [2.24, 2.45) is 0 Å². The molecule has 0 saturated carbocycles. The number of nitrogens with zero attached hydrogens (tertiary/aromatic N) is 15. The van der Waals surface area contributed by atoms with Gasteiger partial charge in [-0.05, 0) is 219 Å². The van der Waals surface area contributed by atoms with Crippen LogP contribution in [-0.2, 0) is 0 Å². The van der Waals surface area contributed by atoms with Crippen LogP contribution < -0.4 is 0 Å². The summed E-state index contributed by atoms with van der Waals surface area (Å²) in [4.78, 5) is 60.6. The summed E-state index contributed by atoms with van der Waals surface area (Å²) in [5, 5.41) is 13.9. The summed E-state index contributed by atoms with van der Waals surface area (Å²) in [5.41, 5.74) is 24.4. The fourth-order valence-electron chi connectivity index (χ4n) is 19.4. The molecule has 0 bridgehead atoms. The molecule has 6 aromatic heterocycles. The van der Waals surface area contributed by atoms with E-state index in [0.29, 0.717) is 52.4 Å². The van der Waals surface area contributed by atoms with Gasteiger partial charge in [0.05, 0.1) is 33.1 Å². The van der Waals surface area contributed by atoms with Crippen LogP contribution in [-0.4, -0.2) is 73.5 Å². The van der Waals surface area contributed by atoms with Crippen LogP contribution in [0.5, 0.6) is 0 Å². The summed E-state index contributed by atoms with van der Waals surface area (Å²) in [6.45, 7) is 6.30. The predicted molar refractivity (Wildman–Crippen MR) is 588 cm³/mol. The highest BCUT2D eigenvalue weighted by atomic mass is 15.1. The van der Waals surface area contributed by atoms with Gasteiger partial charge in [0.2, 0.25) is 0 Å². The maximum absolute atomic E-state index is 5.32. The maximum atomic E-state index is 5.32. The highest BCUT2D eigenvalue weighted by molar-refractivity contribution is 6.15. The van der Waals surface area contributed by atoms with Crippen molar-refractivity contribution >= 4 is 97.7 Å². The third-order valence-corrected chi connectivity index (χ3v) is 26.8. The monoisotopic (exact) mass is 1850 g/mol. The highest BCUT2D eigenvalue weighted by Crippen LogP contribution is 2.42. The van der Waals surface area contributed by atoms with Gasteiger partial charge in [0, 0.05) is 83.8 Å². The van der Waals surface area contributed by atoms with E-state index in [1.54, 1.807) is 0 Å². The minimum Gasteiger partial charge on any atom is -0.292 e. The molecule has 15 heteroatoms. The summed E-state index contributed by atoms with van der Waals surface area (Å²) in [6.07, 6.45) is 0. The van der Waals surface area contributed by atoms with Crippen LogP contribution in [0.4, 0.5) is 0 Å². The molecule has 21 aromatic carbocycles. The Balaban J connectivity index is 0.000000115. The van der Waals surface area contributed by atoms with Gasteiger partial charge in [0.1, 0.15) is 17.5 Å². The minimum absolute atomic E-state index is 0.611. The highest BCUT2D eigenvalue weighted by Gasteiger charge is 2.25. The number of aromatic nitrogens is 15. The third kappa shape index (κ3) is 16.7. The molecule has 0 N–H and O–H groups in total. The van der Waals surface area contributed by atoms with Crippen molar-refractivity contribution in [3.63, 3.8) is 0 Å². The number of fused-ring (bicyclic) bond motifs is 11. The van der Waals surface area contributed by atoms with Crippen molar-refractivity contribution in [1.82, 2.24) is 73.5 Å². The normalized spacial score (nSPS) is 11.4. The standard InChI is InChI=1S/C51H33N5.C43H29N5.C35H25N5/c1-32-22-24-34(25-23-32)51-52-46-20-10-11-21-47(46)56(51)37-28-26-33(27-29-37)48-53-49(44-30-35-12-2-4-14-38(35)40-16-6-8-18-42(40)44)55-50(54-48)45-31-36-13-3-5-15-39(36)41-17-7-9-19-43(41)45;1-28-14-16-32(17-15-28)43-44-38-12-6-7-13-39(38)48(43)37-24-22-31(23-25-37)40-45-41(35-20-18-29-8-2-4-10-33(29)26-35)47-42(46-40)36-21-19-30-9-3-5-11-34(30)27-36;1-24-16-18-28(19-17-24)35-36-30-14-8-9-15-31(30)40(35)29-22-20-27(21-23-29)34-38-32(25-10-4-2-5-11-25)37-33(39-34)26-12-6-3-7-13-26/h2-31H,1H3;2-27H,1H3;2-23H,1H3. The van der Waals surface area contributed by atoms with E-state index in [1.165, 1.54) is 49.0 Å². The second kappa shape index (κ2) is 37.2. The first-order valence-corrected chi connectivity index (χ1v) is 48.2. The van der Waals surface area contributed by atoms with Gasteiger partial charge in [-0.1, -0.05) is 356 Å². The number of para-hydroxylation sites is 6. The Morgan fingerprint density at radius 3 is 0.701 bits per heavy atom. The molecular weight excluding hydrogens is 1760 g/mol. The Bertz CT molecular complexity index is 9290. The minimum atomic E-state index is 0.611. The lowest BCUT2D eigenvalue weighted by Gasteiger charge is -2.14. The van der Waals surface area contributed by atoms with E-state index in [0.717, 1.165) is 167 Å². The molecule has 0 atom stereocenters. The molecular formula is C129H87N15. The number of hydrogen-bond acceptors (Lipinski definition) is 12. The topological polar surface area (TPSA) is 169 Å². The van der Waals surface area contributed by atoms with E-state index in [4.69, 9.17) is 59.8 Å². The lowest BCUT2D eigenvalue weighted by atomic mass is 9.96. The van der Waals surface area contributed by atoms with E-state index < -0.39 is 0 Å². The van der Waals surface area contributed by atoms with Gasteiger partial charge in [-0.15, -0.1) is 0 Å². The van der Waals surface area contributed by atoms with Crippen LogP contribution >= 0.6 is 0 Å². The van der Waals surface area contributed by atoms with Gasteiger partial charge in [-0.2, -0.15) is 0 Å². The predicted octanol–water partition coefficient (Wildman–Crippen LogP) is 31.5. The summed E-state index contributed by atoms with van der Waals surface area (Å²) < 4.78 is 6.66. The zero-order chi connectivity index (χ0) is 96.1. The quantitative estimate of drug-likeness (QED) is 0.0892. The summed E-state index contributed by atoms with van der Waals surface area (Å²) in [6, 6.07) is 164. The molecule has 0 fully saturated rings. The van der Waals surface area contributed by atoms with Crippen LogP contribution in [0.3, 0.4) is 0 Å². The van der Waals surface area contributed by atoms with E-state index in [-0.39, 0.29) is 0 Å². The first-order valence-electron chi connectivity index (χ1n) is 48.2. The number of aryl methyl sites for hydroxylation is 3. The van der Waals surface area contributed by atoms with Gasteiger partial charge in [-0.3, -0.25) is 13.7 Å². The Morgan fingerprint density at radius 2 is 0.375 bits per heavy atom. The second-order valence-corrected chi connectivity index (χ2v) is 36.2. The van der Waals surface area contributed by atoms with Crippen LogP contribution in [0, 0.1) is 20.8 Å². The average molecular weight is 1850 g/mol. The Hall–Kier alpha value is -19.4. The number of hydrogen-bond donors (Lipinski definition) is 0. The van der Waals surface area contributed by atoms with Crippen molar-refractivity contribution in [2.75, 3.05) is 0 Å². The van der Waals surface area contributed by atoms with Gasteiger partial charge in [-0.25, -0.2) is 59.8 Å². The van der Waals surface area contributed by atoms with Gasteiger partial charge < -0.3 is 0 Å². The molecule has 0 aliphatic rings. The first kappa shape index (κ1) is 86.2. The molecule has 0 unspecified atom stereocenters. The van der Waals surface area contributed by atoms with Gasteiger partial charge in [0.15, 0.2) is 52.4 Å². The molecule has 27 aromatic rings. The van der Waals surface area contributed by atoms with E-state index in [9.17, 15) is 0 Å². The van der Waals surface area contributed by atoms with Gasteiger partial charge in [0.25, 0.3) is 0 Å². The van der Waals surface area contributed by atoms with E-state index in [1.807, 2.05) is 78.9 Å². The molecule has 0 amide bonds. The molecule has 0 aliphatic heterocycles. The van der Waals surface area contributed by atoms with Crippen molar-refractivity contribution in [3.8, 4) is 154 Å². The zero-order valence-electron chi connectivity index (χ0n) is 78.7. The van der Waals surface area contributed by atoms with Crippen LogP contribution in [0.15, 0.2) is 473 Å². The van der Waals surface area contributed by atoms with E-state index >= 15 is 0 Å². The zero-order valence-corrected chi connectivity index (χ0v) is 78.7. The first-order chi connectivity index (χ1) is 71.0. The Morgan fingerprint density at radius 1 is 0.146 bits per heavy atom. The molecule has 678 valence electrons. The Labute approximate surface area is 830 Å². The van der Waals surface area contributed by atoms with Crippen molar-refractivity contribution < 1.29 is 0 Å².